The summed E-state index contributed by atoms with van der Waals surface area (Å²) in [4.78, 5) is 0. The third-order valence-corrected chi connectivity index (χ3v) is 6.19. The van der Waals surface area contributed by atoms with E-state index < -0.39 is 0 Å². The Hall–Kier alpha value is 0.350. The van der Waals surface area contributed by atoms with Gasteiger partial charge in [0, 0.05) is 0 Å². The Kier molecular flexibility index (Phi) is 23.7. The highest BCUT2D eigenvalue weighted by molar-refractivity contribution is 7.99. The van der Waals surface area contributed by atoms with Gasteiger partial charge in [-0.15, -0.1) is 0 Å². The van der Waals surface area contributed by atoms with Crippen molar-refractivity contribution >= 4 is 11.8 Å². The molecule has 0 nitrogen and oxygen atoms in total. The van der Waals surface area contributed by atoms with Crippen molar-refractivity contribution in [2.24, 2.45) is 0 Å². The Balaban J connectivity index is 2.93. The average molecular weight is 357 g/mol. The molecule has 0 saturated heterocycles. The second-order valence-corrected chi connectivity index (χ2v) is 8.85. The van der Waals surface area contributed by atoms with Crippen LogP contribution in [0.3, 0.4) is 0 Å². The first-order valence-corrected chi connectivity index (χ1v) is 12.6. The van der Waals surface area contributed by atoms with E-state index in [0.717, 1.165) is 0 Å². The average Bonchev–Trinajstić information content (AvgIpc) is 2.60. The van der Waals surface area contributed by atoms with Gasteiger partial charge >= 0.3 is 0 Å². The molecule has 0 radical (unpaired) electrons. The molecule has 0 aromatic heterocycles. The van der Waals surface area contributed by atoms with Crippen molar-refractivity contribution in [2.75, 3.05) is 11.5 Å². The zero-order valence-electron chi connectivity index (χ0n) is 17.3. The molecule has 0 aliphatic heterocycles. The Morgan fingerprint density at radius 3 is 0.875 bits per heavy atom. The van der Waals surface area contributed by atoms with Crippen molar-refractivity contribution in [3.63, 3.8) is 0 Å². The van der Waals surface area contributed by atoms with Gasteiger partial charge in [0.25, 0.3) is 0 Å². The Labute approximate surface area is 159 Å². The summed E-state index contributed by atoms with van der Waals surface area (Å²) in [5, 5.41) is 0. The van der Waals surface area contributed by atoms with Crippen LogP contribution in [0.5, 0.6) is 0 Å². The van der Waals surface area contributed by atoms with E-state index in [9.17, 15) is 0 Å². The first-order valence-electron chi connectivity index (χ1n) is 11.5. The van der Waals surface area contributed by atoms with E-state index in [0.29, 0.717) is 0 Å². The van der Waals surface area contributed by atoms with Crippen LogP contribution >= 0.6 is 11.8 Å². The molecular formula is C23H48S. The third-order valence-electron chi connectivity index (χ3n) is 5.03. The van der Waals surface area contributed by atoms with Crippen LogP contribution < -0.4 is 0 Å². The highest BCUT2D eigenvalue weighted by atomic mass is 32.2. The van der Waals surface area contributed by atoms with Crippen molar-refractivity contribution < 1.29 is 0 Å². The van der Waals surface area contributed by atoms with Gasteiger partial charge in [0.15, 0.2) is 0 Å². The lowest BCUT2D eigenvalue weighted by Gasteiger charge is -2.04. The Bertz CT molecular complexity index is 180. The summed E-state index contributed by atoms with van der Waals surface area (Å²) in [5.74, 6) is 2.82. The first kappa shape index (κ1) is 24.4. The van der Waals surface area contributed by atoms with Gasteiger partial charge in [-0.3, -0.25) is 0 Å². The largest absolute Gasteiger partial charge is 0.162 e. The Morgan fingerprint density at radius 2 is 0.583 bits per heavy atom. The molecule has 0 aliphatic carbocycles. The number of thioether (sulfide) groups is 1. The maximum atomic E-state index is 2.30. The number of hydrogen-bond acceptors (Lipinski definition) is 1. The zero-order valence-corrected chi connectivity index (χ0v) is 18.1. The lowest BCUT2D eigenvalue weighted by molar-refractivity contribution is 0.563. The summed E-state index contributed by atoms with van der Waals surface area (Å²) in [6.07, 6.45) is 27.7. The normalized spacial score (nSPS) is 11.2. The van der Waals surface area contributed by atoms with Crippen molar-refractivity contribution in [3.05, 3.63) is 0 Å². The molecule has 0 heterocycles. The molecule has 0 spiro atoms. The van der Waals surface area contributed by atoms with Crippen LogP contribution in [-0.4, -0.2) is 11.5 Å². The van der Waals surface area contributed by atoms with Crippen molar-refractivity contribution in [1.82, 2.24) is 0 Å². The quantitative estimate of drug-likeness (QED) is 0.185. The topological polar surface area (TPSA) is 0 Å². The van der Waals surface area contributed by atoms with E-state index in [-0.39, 0.29) is 0 Å². The fraction of sp³-hybridized carbons (Fsp3) is 1.00. The molecule has 0 aliphatic rings. The van der Waals surface area contributed by atoms with Gasteiger partial charge in [-0.25, -0.2) is 0 Å². The standard InChI is InChI=1S/C23H48S/c1-3-5-7-9-11-13-15-17-19-21-23-24-22-20-18-16-14-12-10-8-6-4-2/h3-23H2,1-2H3. The summed E-state index contributed by atoms with van der Waals surface area (Å²) >= 11 is 2.21. The molecule has 0 aromatic carbocycles. The molecule has 1 heteroatoms. The van der Waals surface area contributed by atoms with Gasteiger partial charge in [-0.2, -0.15) is 11.8 Å². The molecule has 0 bridgehead atoms. The summed E-state index contributed by atoms with van der Waals surface area (Å²) < 4.78 is 0. The van der Waals surface area contributed by atoms with Gasteiger partial charge in [0.05, 0.1) is 0 Å². The van der Waals surface area contributed by atoms with Crippen molar-refractivity contribution in [1.29, 1.82) is 0 Å². The maximum absolute atomic E-state index is 2.30. The van der Waals surface area contributed by atoms with Gasteiger partial charge in [-0.05, 0) is 24.3 Å². The van der Waals surface area contributed by atoms with E-state index in [4.69, 9.17) is 0 Å². The molecule has 0 N–H and O–H groups in total. The second-order valence-electron chi connectivity index (χ2n) is 7.62. The van der Waals surface area contributed by atoms with E-state index in [1.807, 2.05) is 0 Å². The monoisotopic (exact) mass is 356 g/mol. The molecular weight excluding hydrogens is 308 g/mol. The van der Waals surface area contributed by atoms with Crippen LogP contribution in [0.25, 0.3) is 0 Å². The van der Waals surface area contributed by atoms with Crippen LogP contribution in [-0.2, 0) is 0 Å². The summed E-state index contributed by atoms with van der Waals surface area (Å²) in [5.41, 5.74) is 0. The van der Waals surface area contributed by atoms with Gasteiger partial charge in [0.2, 0.25) is 0 Å². The minimum atomic E-state index is 1.37. The minimum Gasteiger partial charge on any atom is -0.162 e. The van der Waals surface area contributed by atoms with Crippen molar-refractivity contribution in [2.45, 2.75) is 136 Å². The number of rotatable bonds is 21. The fourth-order valence-electron chi connectivity index (χ4n) is 3.31. The van der Waals surface area contributed by atoms with E-state index in [2.05, 4.69) is 25.6 Å². The van der Waals surface area contributed by atoms with Crippen LogP contribution in [0.4, 0.5) is 0 Å². The van der Waals surface area contributed by atoms with Crippen molar-refractivity contribution in [3.8, 4) is 0 Å². The molecule has 0 amide bonds. The predicted octanol–water partition coefficient (Wildman–Crippen LogP) is 9.17. The van der Waals surface area contributed by atoms with E-state index >= 15 is 0 Å². The predicted molar refractivity (Wildman–Crippen MR) is 116 cm³/mol. The number of hydrogen-bond donors (Lipinski definition) is 0. The summed E-state index contributed by atoms with van der Waals surface area (Å²) in [7, 11) is 0. The molecule has 0 fully saturated rings. The smallest absolute Gasteiger partial charge is 0.00675 e. The number of unbranched alkanes of at least 4 members (excludes halogenated alkanes) is 17. The maximum Gasteiger partial charge on any atom is -0.00675 e. The van der Waals surface area contributed by atoms with Gasteiger partial charge in [0.1, 0.15) is 0 Å². The van der Waals surface area contributed by atoms with Crippen LogP contribution in [0.1, 0.15) is 136 Å². The lowest BCUT2D eigenvalue weighted by atomic mass is 10.1. The van der Waals surface area contributed by atoms with E-state index in [1.165, 1.54) is 134 Å². The molecule has 146 valence electrons. The second kappa shape index (κ2) is 23.4. The molecule has 0 unspecified atom stereocenters. The highest BCUT2D eigenvalue weighted by Gasteiger charge is 1.95. The fourth-order valence-corrected chi connectivity index (χ4v) is 4.33. The zero-order chi connectivity index (χ0) is 17.6. The van der Waals surface area contributed by atoms with Gasteiger partial charge < -0.3 is 0 Å². The van der Waals surface area contributed by atoms with E-state index in [1.54, 1.807) is 0 Å². The van der Waals surface area contributed by atoms with Crippen LogP contribution in [0.2, 0.25) is 0 Å². The highest BCUT2D eigenvalue weighted by Crippen LogP contribution is 2.15. The minimum absolute atomic E-state index is 1.37. The molecule has 24 heavy (non-hydrogen) atoms. The molecule has 0 saturated carbocycles. The molecule has 0 rings (SSSR count). The Morgan fingerprint density at radius 1 is 0.333 bits per heavy atom. The summed E-state index contributed by atoms with van der Waals surface area (Å²) in [6.45, 7) is 4.60. The summed E-state index contributed by atoms with van der Waals surface area (Å²) in [6, 6.07) is 0. The molecule has 0 aromatic rings. The third kappa shape index (κ3) is 22.4. The van der Waals surface area contributed by atoms with Crippen LogP contribution in [0.15, 0.2) is 0 Å². The molecule has 0 atom stereocenters. The van der Waals surface area contributed by atoms with Crippen LogP contribution in [0, 0.1) is 0 Å². The lowest BCUT2D eigenvalue weighted by Crippen LogP contribution is -1.87. The van der Waals surface area contributed by atoms with Gasteiger partial charge in [-0.1, -0.05) is 123 Å². The SMILES string of the molecule is CCCCCCCCCCCCSCCCCCCCCCCC. The first-order chi connectivity index (χ1) is 11.9.